The number of aromatic amines is 1. The summed E-state index contributed by atoms with van der Waals surface area (Å²) in [6.45, 7) is 0.551. The number of anilines is 1. The van der Waals surface area contributed by atoms with Crippen molar-refractivity contribution in [2.75, 3.05) is 18.9 Å². The summed E-state index contributed by atoms with van der Waals surface area (Å²) in [4.78, 5) is 13.9. The molecule has 146 valence electrons. The maximum Gasteiger partial charge on any atom is 0.321 e. The van der Waals surface area contributed by atoms with Crippen LogP contribution < -0.4 is 5.32 Å². The van der Waals surface area contributed by atoms with Crippen LogP contribution in [0.3, 0.4) is 0 Å². The summed E-state index contributed by atoms with van der Waals surface area (Å²) in [6, 6.07) is 12.8. The van der Waals surface area contributed by atoms with E-state index >= 15 is 0 Å². The van der Waals surface area contributed by atoms with Crippen molar-refractivity contribution >= 4 is 34.9 Å². The minimum atomic E-state index is -0.278. The van der Waals surface area contributed by atoms with E-state index < -0.39 is 0 Å². The Morgan fingerprint density at radius 1 is 1.18 bits per heavy atom. The maximum atomic E-state index is 13.0. The van der Waals surface area contributed by atoms with E-state index in [1.807, 2.05) is 6.07 Å². The van der Waals surface area contributed by atoms with Gasteiger partial charge in [-0.2, -0.15) is 5.10 Å². The molecule has 1 heterocycles. The van der Waals surface area contributed by atoms with Gasteiger partial charge in [0.25, 0.3) is 0 Å². The largest absolute Gasteiger partial charge is 0.328 e. The van der Waals surface area contributed by atoms with E-state index in [9.17, 15) is 9.18 Å². The smallest absolute Gasteiger partial charge is 0.321 e. The Kier molecular flexibility index (Phi) is 6.54. The molecule has 2 aromatic carbocycles. The van der Waals surface area contributed by atoms with Crippen LogP contribution in [0.15, 0.2) is 48.5 Å². The van der Waals surface area contributed by atoms with Gasteiger partial charge in [-0.25, -0.2) is 9.18 Å². The van der Waals surface area contributed by atoms with Crippen molar-refractivity contribution < 1.29 is 9.18 Å². The second kappa shape index (κ2) is 9.08. The lowest BCUT2D eigenvalue weighted by Crippen LogP contribution is -2.32. The lowest BCUT2D eigenvalue weighted by molar-refractivity contribution is 0.222. The molecule has 3 rings (SSSR count). The highest BCUT2D eigenvalue weighted by Crippen LogP contribution is 2.25. The summed E-state index contributed by atoms with van der Waals surface area (Å²) in [7, 11) is 1.71. The third kappa shape index (κ3) is 5.24. The predicted molar refractivity (Wildman–Crippen MR) is 110 cm³/mol. The Bertz CT molecular complexity index is 959. The number of hydrogen-bond acceptors (Lipinski definition) is 2. The summed E-state index contributed by atoms with van der Waals surface area (Å²) in [6.07, 6.45) is 1.47. The third-order valence-electron chi connectivity index (χ3n) is 4.23. The van der Waals surface area contributed by atoms with E-state index in [4.69, 9.17) is 23.2 Å². The quantitative estimate of drug-likeness (QED) is 0.543. The SMILES string of the molecule is CN(CCCc1cc(-c2ccc(F)cc2)n[nH]1)C(=O)Nc1cc(Cl)ccc1Cl. The number of rotatable bonds is 6. The zero-order valence-corrected chi connectivity index (χ0v) is 16.7. The monoisotopic (exact) mass is 420 g/mol. The van der Waals surface area contributed by atoms with Gasteiger partial charge >= 0.3 is 6.03 Å². The van der Waals surface area contributed by atoms with Gasteiger partial charge in [0.1, 0.15) is 5.82 Å². The number of aryl methyl sites for hydroxylation is 1. The van der Waals surface area contributed by atoms with Gasteiger partial charge < -0.3 is 10.2 Å². The Hall–Kier alpha value is -2.57. The molecule has 8 heteroatoms. The highest BCUT2D eigenvalue weighted by molar-refractivity contribution is 6.35. The van der Waals surface area contributed by atoms with E-state index in [0.29, 0.717) is 22.3 Å². The fraction of sp³-hybridized carbons (Fsp3) is 0.200. The second-order valence-corrected chi connectivity index (χ2v) is 7.21. The first kappa shape index (κ1) is 20.2. The Morgan fingerprint density at radius 3 is 2.68 bits per heavy atom. The molecule has 0 unspecified atom stereocenters. The standard InChI is InChI=1S/C20H19Cl2FN4O/c1-27(20(28)24-19-11-14(21)6-9-17(19)22)10-2-3-16-12-18(26-25-16)13-4-7-15(23)8-5-13/h4-9,11-12H,2-3,10H2,1H3,(H,24,28)(H,25,26). The lowest BCUT2D eigenvalue weighted by Gasteiger charge is -2.18. The van der Waals surface area contributed by atoms with Crippen molar-refractivity contribution in [1.29, 1.82) is 0 Å². The average Bonchev–Trinajstić information content (AvgIpc) is 3.14. The number of carbonyl (C=O) groups excluding carboxylic acids is 1. The van der Waals surface area contributed by atoms with Crippen molar-refractivity contribution in [3.63, 3.8) is 0 Å². The van der Waals surface area contributed by atoms with Crippen LogP contribution in [0.25, 0.3) is 11.3 Å². The van der Waals surface area contributed by atoms with E-state index in [-0.39, 0.29) is 11.8 Å². The van der Waals surface area contributed by atoms with Crippen molar-refractivity contribution in [2.45, 2.75) is 12.8 Å². The van der Waals surface area contributed by atoms with Gasteiger partial charge in [0, 0.05) is 29.9 Å². The molecule has 28 heavy (non-hydrogen) atoms. The van der Waals surface area contributed by atoms with Crippen molar-refractivity contribution in [2.24, 2.45) is 0 Å². The van der Waals surface area contributed by atoms with Crippen molar-refractivity contribution in [3.05, 3.63) is 70.1 Å². The molecule has 0 aliphatic rings. The van der Waals surface area contributed by atoms with E-state index in [2.05, 4.69) is 15.5 Å². The molecule has 2 N–H and O–H groups in total. The molecular weight excluding hydrogens is 402 g/mol. The molecule has 0 atom stereocenters. The van der Waals surface area contributed by atoms with Crippen molar-refractivity contribution in [1.82, 2.24) is 15.1 Å². The normalized spacial score (nSPS) is 10.7. The van der Waals surface area contributed by atoms with E-state index in [0.717, 1.165) is 29.8 Å². The molecule has 0 fully saturated rings. The fourth-order valence-electron chi connectivity index (χ4n) is 2.67. The molecule has 1 aromatic heterocycles. The number of hydrogen-bond donors (Lipinski definition) is 2. The first-order valence-corrected chi connectivity index (χ1v) is 9.45. The Balaban J connectivity index is 1.50. The number of nitrogens with zero attached hydrogens (tertiary/aromatic N) is 2. The van der Waals surface area contributed by atoms with Crippen LogP contribution >= 0.6 is 23.2 Å². The topological polar surface area (TPSA) is 61.0 Å². The van der Waals surface area contributed by atoms with Crippen LogP contribution in [0.4, 0.5) is 14.9 Å². The summed E-state index contributed by atoms with van der Waals surface area (Å²) in [5, 5.41) is 10.9. The summed E-state index contributed by atoms with van der Waals surface area (Å²) in [5.74, 6) is -0.278. The zero-order valence-electron chi connectivity index (χ0n) is 15.2. The Labute approximate surface area is 172 Å². The first-order valence-electron chi connectivity index (χ1n) is 8.70. The van der Waals surface area contributed by atoms with Gasteiger partial charge in [0.15, 0.2) is 0 Å². The van der Waals surface area contributed by atoms with Gasteiger partial charge in [-0.3, -0.25) is 5.10 Å². The van der Waals surface area contributed by atoms with Crippen LogP contribution in [-0.2, 0) is 6.42 Å². The number of halogens is 3. The highest BCUT2D eigenvalue weighted by Gasteiger charge is 2.12. The summed E-state index contributed by atoms with van der Waals surface area (Å²) >= 11 is 12.0. The van der Waals surface area contributed by atoms with Gasteiger partial charge in [0.05, 0.1) is 16.4 Å². The number of carbonyl (C=O) groups is 1. The van der Waals surface area contributed by atoms with Crippen LogP contribution in [-0.4, -0.2) is 34.7 Å². The Morgan fingerprint density at radius 2 is 1.93 bits per heavy atom. The molecule has 5 nitrogen and oxygen atoms in total. The van der Waals surface area contributed by atoms with E-state index in [1.165, 1.54) is 12.1 Å². The average molecular weight is 421 g/mol. The van der Waals surface area contributed by atoms with Crippen LogP contribution in [0, 0.1) is 5.82 Å². The van der Waals surface area contributed by atoms with Crippen LogP contribution in [0.5, 0.6) is 0 Å². The number of urea groups is 1. The summed E-state index contributed by atoms with van der Waals surface area (Å²) in [5.41, 5.74) is 3.03. The molecule has 0 bridgehead atoms. The van der Waals surface area contributed by atoms with Gasteiger partial charge in [-0.15, -0.1) is 0 Å². The predicted octanol–water partition coefficient (Wildman–Crippen LogP) is 5.62. The van der Waals surface area contributed by atoms with Gasteiger partial charge in [-0.1, -0.05) is 23.2 Å². The van der Waals surface area contributed by atoms with Gasteiger partial charge in [0.2, 0.25) is 0 Å². The van der Waals surface area contributed by atoms with Gasteiger partial charge in [-0.05, 0) is 61.4 Å². The molecule has 0 spiro atoms. The van der Waals surface area contributed by atoms with Crippen LogP contribution in [0.1, 0.15) is 12.1 Å². The number of benzene rings is 2. The van der Waals surface area contributed by atoms with E-state index in [1.54, 1.807) is 42.3 Å². The number of nitrogens with one attached hydrogen (secondary N) is 2. The number of aromatic nitrogens is 2. The molecular formula is C20H19Cl2FN4O. The van der Waals surface area contributed by atoms with Crippen molar-refractivity contribution in [3.8, 4) is 11.3 Å². The molecule has 2 amide bonds. The first-order chi connectivity index (χ1) is 13.4. The molecule has 0 saturated carbocycles. The van der Waals surface area contributed by atoms with Crippen LogP contribution in [0.2, 0.25) is 10.0 Å². The minimum Gasteiger partial charge on any atom is -0.328 e. The lowest BCUT2D eigenvalue weighted by atomic mass is 10.1. The molecule has 0 saturated heterocycles. The minimum absolute atomic E-state index is 0.263. The number of H-pyrrole nitrogens is 1. The highest BCUT2D eigenvalue weighted by atomic mass is 35.5. The zero-order chi connectivity index (χ0) is 20.1. The third-order valence-corrected chi connectivity index (χ3v) is 4.79. The molecule has 3 aromatic rings. The number of amides is 2. The molecule has 0 aliphatic carbocycles. The molecule has 0 radical (unpaired) electrons. The molecule has 0 aliphatic heterocycles. The second-order valence-electron chi connectivity index (χ2n) is 6.36. The maximum absolute atomic E-state index is 13.0. The fourth-order valence-corrected chi connectivity index (χ4v) is 3.01. The summed E-state index contributed by atoms with van der Waals surface area (Å²) < 4.78 is 13.0.